The van der Waals surface area contributed by atoms with Gasteiger partial charge in [0.1, 0.15) is 0 Å². The summed E-state index contributed by atoms with van der Waals surface area (Å²) in [6, 6.07) is 10.3. The van der Waals surface area contributed by atoms with Crippen molar-refractivity contribution in [3.05, 3.63) is 54.1 Å². The molecule has 2 rings (SSSR count). The van der Waals surface area contributed by atoms with E-state index < -0.39 is 0 Å². The van der Waals surface area contributed by atoms with Crippen molar-refractivity contribution in [2.24, 2.45) is 5.92 Å². The molecule has 0 nitrogen and oxygen atoms in total. The Kier molecular flexibility index (Phi) is 2.51. The highest BCUT2D eigenvalue weighted by molar-refractivity contribution is 5.75. The highest BCUT2D eigenvalue weighted by Crippen LogP contribution is 2.23. The molecule has 1 unspecified atom stereocenters. The van der Waals surface area contributed by atoms with E-state index in [1.165, 1.54) is 11.1 Å². The highest BCUT2D eigenvalue weighted by Gasteiger charge is 2.06. The average Bonchev–Trinajstić information content (AvgIpc) is 2.30. The summed E-state index contributed by atoms with van der Waals surface area (Å²) in [5, 5.41) is 0. The molecule has 0 N–H and O–H groups in total. The molecule has 14 heavy (non-hydrogen) atoms. The molecule has 1 atom stereocenters. The Morgan fingerprint density at radius 2 is 2.00 bits per heavy atom. The highest BCUT2D eigenvalue weighted by atomic mass is 14.1. The molecule has 0 radical (unpaired) electrons. The van der Waals surface area contributed by atoms with Crippen LogP contribution in [-0.2, 0) is 0 Å². The van der Waals surface area contributed by atoms with E-state index in [9.17, 15) is 0 Å². The second kappa shape index (κ2) is 3.98. The first kappa shape index (κ1) is 8.84. The van der Waals surface area contributed by atoms with Crippen molar-refractivity contribution in [3.63, 3.8) is 0 Å². The summed E-state index contributed by atoms with van der Waals surface area (Å²) >= 11 is 0. The van der Waals surface area contributed by atoms with Gasteiger partial charge in [-0.1, -0.05) is 54.5 Å². The van der Waals surface area contributed by atoms with Crippen LogP contribution in [-0.4, -0.2) is 0 Å². The zero-order valence-corrected chi connectivity index (χ0v) is 7.98. The minimum absolute atomic E-state index is 0.259. The number of hydrogen-bond acceptors (Lipinski definition) is 0. The molecule has 0 amide bonds. The molecule has 1 aliphatic rings. The van der Waals surface area contributed by atoms with Crippen LogP contribution in [0.1, 0.15) is 12.0 Å². The van der Waals surface area contributed by atoms with Crippen LogP contribution in [0, 0.1) is 18.3 Å². The minimum atomic E-state index is 0.259. The van der Waals surface area contributed by atoms with Crippen molar-refractivity contribution < 1.29 is 0 Å². The standard InChI is InChI=1S/C14H12/c1-2-12-7-6-10-14(11-12)13-8-4-3-5-9-13/h1,3-6,8-12H,7H2. The molecule has 1 aromatic carbocycles. The lowest BCUT2D eigenvalue weighted by Gasteiger charge is -2.11. The Bertz CT molecular complexity index is 401. The van der Waals surface area contributed by atoms with Crippen LogP contribution in [0.3, 0.4) is 0 Å². The molecule has 1 aromatic rings. The van der Waals surface area contributed by atoms with E-state index in [-0.39, 0.29) is 5.92 Å². The fraction of sp³-hybridized carbons (Fsp3) is 0.143. The predicted octanol–water partition coefficient (Wildman–Crippen LogP) is 3.28. The van der Waals surface area contributed by atoms with Gasteiger partial charge in [-0.05, 0) is 17.6 Å². The number of hydrogen-bond donors (Lipinski definition) is 0. The average molecular weight is 180 g/mol. The zero-order valence-electron chi connectivity index (χ0n) is 7.98. The summed E-state index contributed by atoms with van der Waals surface area (Å²) < 4.78 is 0. The second-order valence-corrected chi connectivity index (χ2v) is 3.40. The van der Waals surface area contributed by atoms with E-state index in [1.54, 1.807) is 0 Å². The van der Waals surface area contributed by atoms with Gasteiger partial charge < -0.3 is 0 Å². The summed E-state index contributed by atoms with van der Waals surface area (Å²) in [6.07, 6.45) is 12.8. The van der Waals surface area contributed by atoms with Gasteiger partial charge in [0.2, 0.25) is 0 Å². The van der Waals surface area contributed by atoms with Crippen LogP contribution in [0.2, 0.25) is 0 Å². The summed E-state index contributed by atoms with van der Waals surface area (Å²) in [4.78, 5) is 0. The normalized spacial score (nSPS) is 19.9. The summed E-state index contributed by atoms with van der Waals surface area (Å²) in [5.74, 6) is 3.04. The maximum Gasteiger partial charge on any atom is 0.0423 e. The van der Waals surface area contributed by atoms with Gasteiger partial charge in [0, 0.05) is 5.92 Å². The predicted molar refractivity (Wildman–Crippen MR) is 60.5 cm³/mol. The molecule has 0 aromatic heterocycles. The molecule has 0 heteroatoms. The minimum Gasteiger partial charge on any atom is -0.119 e. The Labute approximate surface area is 85.0 Å². The molecule has 0 bridgehead atoms. The lowest BCUT2D eigenvalue weighted by molar-refractivity contribution is 0.857. The molecule has 1 aliphatic carbocycles. The molecule has 0 saturated carbocycles. The van der Waals surface area contributed by atoms with Crippen molar-refractivity contribution in [1.82, 2.24) is 0 Å². The summed E-state index contributed by atoms with van der Waals surface area (Å²) in [6.45, 7) is 0. The van der Waals surface area contributed by atoms with E-state index in [0.29, 0.717) is 0 Å². The molecular weight excluding hydrogens is 168 g/mol. The molecule has 0 fully saturated rings. The Morgan fingerprint density at radius 3 is 2.71 bits per heavy atom. The van der Waals surface area contributed by atoms with Gasteiger partial charge in [0.25, 0.3) is 0 Å². The van der Waals surface area contributed by atoms with Gasteiger partial charge in [-0.15, -0.1) is 6.42 Å². The third-order valence-electron chi connectivity index (χ3n) is 2.39. The van der Waals surface area contributed by atoms with Gasteiger partial charge in [-0.3, -0.25) is 0 Å². The van der Waals surface area contributed by atoms with Crippen molar-refractivity contribution in [2.75, 3.05) is 0 Å². The fourth-order valence-electron chi connectivity index (χ4n) is 1.62. The fourth-order valence-corrected chi connectivity index (χ4v) is 1.62. The first-order valence-corrected chi connectivity index (χ1v) is 4.80. The smallest absolute Gasteiger partial charge is 0.0423 e. The first-order chi connectivity index (χ1) is 6.90. The first-order valence-electron chi connectivity index (χ1n) is 4.80. The quantitative estimate of drug-likeness (QED) is 0.582. The van der Waals surface area contributed by atoms with E-state index in [4.69, 9.17) is 6.42 Å². The molecule has 0 spiro atoms. The van der Waals surface area contributed by atoms with Crippen LogP contribution < -0.4 is 0 Å². The molecule has 0 saturated heterocycles. The van der Waals surface area contributed by atoms with Crippen molar-refractivity contribution in [2.45, 2.75) is 6.42 Å². The summed E-state index contributed by atoms with van der Waals surface area (Å²) in [7, 11) is 0. The maximum absolute atomic E-state index is 5.42. The van der Waals surface area contributed by atoms with Crippen molar-refractivity contribution >= 4 is 5.57 Å². The second-order valence-electron chi connectivity index (χ2n) is 3.40. The van der Waals surface area contributed by atoms with E-state index >= 15 is 0 Å². The molecule has 0 aliphatic heterocycles. The van der Waals surface area contributed by atoms with Crippen LogP contribution in [0.15, 0.2) is 48.6 Å². The topological polar surface area (TPSA) is 0 Å². The number of terminal acetylenes is 1. The number of allylic oxidation sites excluding steroid dienone is 4. The summed E-state index contributed by atoms with van der Waals surface area (Å²) in [5.41, 5.74) is 2.48. The Balaban J connectivity index is 2.32. The largest absolute Gasteiger partial charge is 0.119 e. The molecular formula is C14H12. The number of benzene rings is 1. The zero-order chi connectivity index (χ0) is 9.80. The molecule has 68 valence electrons. The Hall–Kier alpha value is -1.74. The lowest BCUT2D eigenvalue weighted by Crippen LogP contribution is -1.96. The van der Waals surface area contributed by atoms with Gasteiger partial charge in [0.05, 0.1) is 0 Å². The van der Waals surface area contributed by atoms with Crippen molar-refractivity contribution in [1.29, 1.82) is 0 Å². The van der Waals surface area contributed by atoms with Gasteiger partial charge in [0.15, 0.2) is 0 Å². The maximum atomic E-state index is 5.42. The molecule has 0 heterocycles. The van der Waals surface area contributed by atoms with Gasteiger partial charge >= 0.3 is 0 Å². The van der Waals surface area contributed by atoms with Crippen LogP contribution in [0.4, 0.5) is 0 Å². The van der Waals surface area contributed by atoms with Crippen LogP contribution >= 0.6 is 0 Å². The van der Waals surface area contributed by atoms with Gasteiger partial charge in [-0.2, -0.15) is 0 Å². The third-order valence-corrected chi connectivity index (χ3v) is 2.39. The number of rotatable bonds is 1. The Morgan fingerprint density at radius 1 is 1.21 bits per heavy atom. The van der Waals surface area contributed by atoms with Crippen LogP contribution in [0.25, 0.3) is 5.57 Å². The van der Waals surface area contributed by atoms with E-state index in [2.05, 4.69) is 36.3 Å². The monoisotopic (exact) mass is 180 g/mol. The van der Waals surface area contributed by atoms with Crippen LogP contribution in [0.5, 0.6) is 0 Å². The third kappa shape index (κ3) is 1.78. The SMILES string of the molecule is C#CC1C=C(c2ccccc2)C=CC1. The van der Waals surface area contributed by atoms with E-state index in [1.807, 2.05) is 18.2 Å². The van der Waals surface area contributed by atoms with Crippen molar-refractivity contribution in [3.8, 4) is 12.3 Å². The van der Waals surface area contributed by atoms with Gasteiger partial charge in [-0.25, -0.2) is 0 Å². The van der Waals surface area contributed by atoms with E-state index in [0.717, 1.165) is 6.42 Å². The lowest BCUT2D eigenvalue weighted by atomic mass is 9.93.